The van der Waals surface area contributed by atoms with Crippen LogP contribution in [0.5, 0.6) is 0 Å². The third kappa shape index (κ3) is 3.88. The molecule has 0 amide bonds. The lowest BCUT2D eigenvalue weighted by Crippen LogP contribution is -2.09. The Bertz CT molecular complexity index is 309. The molecule has 0 radical (unpaired) electrons. The van der Waals surface area contributed by atoms with Crippen LogP contribution in [0.25, 0.3) is 0 Å². The Balaban J connectivity index is 2.73. The lowest BCUT2D eigenvalue weighted by molar-refractivity contribution is 0.745. The van der Waals surface area contributed by atoms with Crippen LogP contribution < -0.4 is 5.73 Å². The maximum absolute atomic E-state index is 5.61. The molecular formula is C13H21NS. The van der Waals surface area contributed by atoms with Gasteiger partial charge in [-0.2, -0.15) is 0 Å². The van der Waals surface area contributed by atoms with Crippen molar-refractivity contribution in [1.29, 1.82) is 0 Å². The van der Waals surface area contributed by atoms with Gasteiger partial charge in [-0.1, -0.05) is 24.6 Å². The number of rotatable bonds is 5. The van der Waals surface area contributed by atoms with Gasteiger partial charge in [0.05, 0.1) is 0 Å². The topological polar surface area (TPSA) is 26.0 Å². The molecule has 0 spiro atoms. The van der Waals surface area contributed by atoms with Gasteiger partial charge in [-0.3, -0.25) is 0 Å². The van der Waals surface area contributed by atoms with Crippen LogP contribution in [0.4, 0.5) is 0 Å². The fourth-order valence-corrected chi connectivity index (χ4v) is 2.83. The number of hydrogen-bond donors (Lipinski definition) is 1. The zero-order valence-electron chi connectivity index (χ0n) is 9.92. The van der Waals surface area contributed by atoms with E-state index in [-0.39, 0.29) is 0 Å². The van der Waals surface area contributed by atoms with Crippen molar-refractivity contribution in [1.82, 2.24) is 0 Å². The molecule has 1 aromatic rings. The molecule has 1 atom stereocenters. The summed E-state index contributed by atoms with van der Waals surface area (Å²) in [5, 5.41) is 0.662. The molecule has 1 nitrogen and oxygen atoms in total. The molecule has 0 saturated carbocycles. The Morgan fingerprint density at radius 3 is 2.67 bits per heavy atom. The Hall–Kier alpha value is -0.470. The molecule has 1 unspecified atom stereocenters. The van der Waals surface area contributed by atoms with E-state index in [1.807, 2.05) is 11.8 Å². The van der Waals surface area contributed by atoms with E-state index >= 15 is 0 Å². The molecule has 0 aliphatic heterocycles. The van der Waals surface area contributed by atoms with Crippen molar-refractivity contribution in [3.05, 3.63) is 29.3 Å². The van der Waals surface area contributed by atoms with E-state index in [1.54, 1.807) is 0 Å². The van der Waals surface area contributed by atoms with Crippen LogP contribution in [-0.2, 0) is 0 Å². The molecule has 2 N–H and O–H groups in total. The maximum Gasteiger partial charge on any atom is 0.0107 e. The number of hydrogen-bond acceptors (Lipinski definition) is 2. The van der Waals surface area contributed by atoms with Crippen LogP contribution in [0.2, 0.25) is 0 Å². The van der Waals surface area contributed by atoms with Crippen LogP contribution in [0, 0.1) is 13.8 Å². The summed E-state index contributed by atoms with van der Waals surface area (Å²) >= 11 is 1.97. The summed E-state index contributed by atoms with van der Waals surface area (Å²) in [6.07, 6.45) is 2.30. The van der Waals surface area contributed by atoms with Gasteiger partial charge < -0.3 is 5.73 Å². The van der Waals surface area contributed by atoms with Gasteiger partial charge in [-0.05, 0) is 44.9 Å². The average Bonchev–Trinajstić information content (AvgIpc) is 2.22. The predicted molar refractivity (Wildman–Crippen MR) is 69.5 cm³/mol. The second kappa shape index (κ2) is 6.19. The highest BCUT2D eigenvalue weighted by atomic mass is 32.2. The third-order valence-electron chi connectivity index (χ3n) is 2.58. The molecule has 1 rings (SSSR count). The first-order chi connectivity index (χ1) is 7.17. The molecule has 2 heteroatoms. The summed E-state index contributed by atoms with van der Waals surface area (Å²) in [6, 6.07) is 6.65. The van der Waals surface area contributed by atoms with Crippen LogP contribution in [0.3, 0.4) is 0 Å². The number of nitrogens with two attached hydrogens (primary N) is 1. The molecule has 0 saturated heterocycles. The Kier molecular flexibility index (Phi) is 5.20. The normalized spacial score (nSPS) is 12.8. The molecule has 1 aromatic carbocycles. The number of thioether (sulfide) groups is 1. The van der Waals surface area contributed by atoms with E-state index < -0.39 is 0 Å². The monoisotopic (exact) mass is 223 g/mol. The van der Waals surface area contributed by atoms with Gasteiger partial charge in [0.2, 0.25) is 0 Å². The minimum Gasteiger partial charge on any atom is -0.330 e. The van der Waals surface area contributed by atoms with E-state index in [4.69, 9.17) is 5.73 Å². The van der Waals surface area contributed by atoms with Crippen molar-refractivity contribution in [3.8, 4) is 0 Å². The molecule has 0 fully saturated rings. The van der Waals surface area contributed by atoms with Gasteiger partial charge in [0, 0.05) is 10.1 Å². The Labute approximate surface area is 97.4 Å². The summed E-state index contributed by atoms with van der Waals surface area (Å²) in [5.74, 6) is 0. The van der Waals surface area contributed by atoms with Gasteiger partial charge in [0.1, 0.15) is 0 Å². The van der Waals surface area contributed by atoms with Crippen LogP contribution in [0.1, 0.15) is 30.9 Å². The van der Waals surface area contributed by atoms with Gasteiger partial charge in [-0.25, -0.2) is 0 Å². The highest BCUT2D eigenvalue weighted by Gasteiger charge is 2.08. The van der Waals surface area contributed by atoms with E-state index in [0.29, 0.717) is 5.25 Å². The lowest BCUT2D eigenvalue weighted by Gasteiger charge is -2.15. The molecule has 0 aliphatic carbocycles. The minimum atomic E-state index is 0.662. The van der Waals surface area contributed by atoms with Crippen LogP contribution in [-0.4, -0.2) is 11.8 Å². The largest absolute Gasteiger partial charge is 0.330 e. The van der Waals surface area contributed by atoms with E-state index in [0.717, 1.165) is 13.0 Å². The second-order valence-electron chi connectivity index (χ2n) is 3.99. The Morgan fingerprint density at radius 2 is 2.07 bits per heavy atom. The number of aryl methyl sites for hydroxylation is 2. The van der Waals surface area contributed by atoms with E-state index in [9.17, 15) is 0 Å². The summed E-state index contributed by atoms with van der Waals surface area (Å²) in [5.41, 5.74) is 8.33. The highest BCUT2D eigenvalue weighted by Crippen LogP contribution is 2.30. The minimum absolute atomic E-state index is 0.662. The number of benzene rings is 1. The molecule has 0 bridgehead atoms. The average molecular weight is 223 g/mol. The van der Waals surface area contributed by atoms with Gasteiger partial charge >= 0.3 is 0 Å². The second-order valence-corrected chi connectivity index (χ2v) is 5.34. The summed E-state index contributed by atoms with van der Waals surface area (Å²) in [7, 11) is 0. The maximum atomic E-state index is 5.61. The standard InChI is InChI=1S/C13H21NS/c1-4-12(7-8-14)15-13-9-10(2)5-6-11(13)3/h5-6,9,12H,4,7-8,14H2,1-3H3. The zero-order chi connectivity index (χ0) is 11.3. The van der Waals surface area contributed by atoms with Crippen molar-refractivity contribution >= 4 is 11.8 Å². The predicted octanol–water partition coefficient (Wildman–Crippen LogP) is 3.52. The Morgan fingerprint density at radius 1 is 1.33 bits per heavy atom. The molecular weight excluding hydrogens is 202 g/mol. The van der Waals surface area contributed by atoms with Gasteiger partial charge in [0.15, 0.2) is 0 Å². The van der Waals surface area contributed by atoms with Crippen molar-refractivity contribution in [3.63, 3.8) is 0 Å². The zero-order valence-corrected chi connectivity index (χ0v) is 10.7. The van der Waals surface area contributed by atoms with Crippen LogP contribution >= 0.6 is 11.8 Å². The third-order valence-corrected chi connectivity index (χ3v) is 4.18. The fourth-order valence-electron chi connectivity index (χ4n) is 1.55. The summed E-state index contributed by atoms with van der Waals surface area (Å²) < 4.78 is 0. The molecule has 0 aromatic heterocycles. The highest BCUT2D eigenvalue weighted by molar-refractivity contribution is 8.00. The van der Waals surface area contributed by atoms with Crippen LogP contribution in [0.15, 0.2) is 23.1 Å². The van der Waals surface area contributed by atoms with E-state index in [2.05, 4.69) is 39.0 Å². The van der Waals surface area contributed by atoms with Crippen molar-refractivity contribution in [2.75, 3.05) is 6.54 Å². The first-order valence-corrected chi connectivity index (χ1v) is 6.49. The first-order valence-electron chi connectivity index (χ1n) is 5.61. The van der Waals surface area contributed by atoms with Crippen molar-refractivity contribution in [2.24, 2.45) is 5.73 Å². The molecule has 84 valence electrons. The molecule has 0 aliphatic rings. The summed E-state index contributed by atoms with van der Waals surface area (Å²) in [4.78, 5) is 1.41. The first kappa shape index (κ1) is 12.6. The lowest BCUT2D eigenvalue weighted by atomic mass is 10.2. The van der Waals surface area contributed by atoms with E-state index in [1.165, 1.54) is 22.4 Å². The van der Waals surface area contributed by atoms with Crippen molar-refractivity contribution in [2.45, 2.75) is 43.8 Å². The summed E-state index contributed by atoms with van der Waals surface area (Å²) in [6.45, 7) is 7.35. The molecule has 0 heterocycles. The SMILES string of the molecule is CCC(CCN)Sc1cc(C)ccc1C. The molecule has 15 heavy (non-hydrogen) atoms. The quantitative estimate of drug-likeness (QED) is 0.773. The smallest absolute Gasteiger partial charge is 0.0107 e. The van der Waals surface area contributed by atoms with Gasteiger partial charge in [-0.15, -0.1) is 11.8 Å². The van der Waals surface area contributed by atoms with Crippen molar-refractivity contribution < 1.29 is 0 Å². The van der Waals surface area contributed by atoms with Gasteiger partial charge in [0.25, 0.3) is 0 Å². The fraction of sp³-hybridized carbons (Fsp3) is 0.538.